The molecule has 7 heteroatoms. The van der Waals surface area contributed by atoms with Crippen molar-refractivity contribution in [2.24, 2.45) is 0 Å². The van der Waals surface area contributed by atoms with Crippen LogP contribution in [0.3, 0.4) is 0 Å². The average Bonchev–Trinajstić information content (AvgIpc) is 2.90. The summed E-state index contributed by atoms with van der Waals surface area (Å²) in [6.07, 6.45) is 1.89. The van der Waals surface area contributed by atoms with Crippen LogP contribution < -0.4 is 0 Å². The summed E-state index contributed by atoms with van der Waals surface area (Å²) in [6, 6.07) is 3.91. The van der Waals surface area contributed by atoms with E-state index in [1.165, 1.54) is 11.3 Å². The number of esters is 1. The van der Waals surface area contributed by atoms with Crippen LogP contribution in [0.15, 0.2) is 18.3 Å². The fourth-order valence-corrected chi connectivity index (χ4v) is 2.69. The Bertz CT molecular complexity index is 652. The minimum atomic E-state index is -0.491. The molecule has 1 aliphatic rings. The van der Waals surface area contributed by atoms with Gasteiger partial charge in [-0.3, -0.25) is 0 Å². The normalized spacial score (nSPS) is 15.8. The Labute approximate surface area is 126 Å². The smallest absolute Gasteiger partial charge is 0.348 e. The second-order valence-corrected chi connectivity index (χ2v) is 7.02. The fraction of sp³-hybridized carbons (Fsp3) is 0.500. The molecule has 2 aromatic heterocycles. The Morgan fingerprint density at radius 2 is 2.19 bits per heavy atom. The minimum absolute atomic E-state index is 0.275. The van der Waals surface area contributed by atoms with E-state index in [9.17, 15) is 4.79 Å². The first-order valence-corrected chi connectivity index (χ1v) is 7.57. The van der Waals surface area contributed by atoms with E-state index < -0.39 is 5.60 Å². The summed E-state index contributed by atoms with van der Waals surface area (Å²) in [5.74, 6) is -0.307. The molecule has 112 valence electrons. The molecule has 0 N–H and O–H groups in total. The molecule has 0 aliphatic carbocycles. The summed E-state index contributed by atoms with van der Waals surface area (Å²) >= 11 is 1.36. The van der Waals surface area contributed by atoms with Crippen LogP contribution in [-0.2, 0) is 9.47 Å². The van der Waals surface area contributed by atoms with Crippen molar-refractivity contribution in [1.29, 1.82) is 0 Å². The zero-order valence-corrected chi connectivity index (χ0v) is 13.0. The second kappa shape index (κ2) is 5.23. The first-order valence-electron chi connectivity index (χ1n) is 6.75. The highest BCUT2D eigenvalue weighted by atomic mass is 32.1. The lowest BCUT2D eigenvalue weighted by Crippen LogP contribution is -2.30. The van der Waals surface area contributed by atoms with Crippen molar-refractivity contribution in [1.82, 2.24) is 15.0 Å². The fourth-order valence-electron chi connectivity index (χ4n) is 1.86. The van der Waals surface area contributed by atoms with Gasteiger partial charge < -0.3 is 9.47 Å². The van der Waals surface area contributed by atoms with E-state index in [0.717, 1.165) is 10.6 Å². The van der Waals surface area contributed by atoms with E-state index in [1.807, 2.05) is 37.7 Å². The number of aromatic nitrogens is 3. The third kappa shape index (κ3) is 3.14. The van der Waals surface area contributed by atoms with E-state index in [-0.39, 0.29) is 12.0 Å². The molecule has 21 heavy (non-hydrogen) atoms. The van der Waals surface area contributed by atoms with Crippen molar-refractivity contribution >= 4 is 17.3 Å². The highest BCUT2D eigenvalue weighted by Crippen LogP contribution is 2.28. The van der Waals surface area contributed by atoms with Gasteiger partial charge in [-0.2, -0.15) is 0 Å². The topological polar surface area (TPSA) is 66.2 Å². The van der Waals surface area contributed by atoms with Crippen molar-refractivity contribution in [3.05, 3.63) is 23.2 Å². The number of carbonyl (C=O) groups excluding carboxylic acids is 1. The second-order valence-electron chi connectivity index (χ2n) is 5.94. The van der Waals surface area contributed by atoms with E-state index in [1.54, 1.807) is 6.07 Å². The summed E-state index contributed by atoms with van der Waals surface area (Å²) in [4.78, 5) is 13.5. The third-order valence-electron chi connectivity index (χ3n) is 2.96. The number of nitrogens with zero attached hydrogens (tertiary/aromatic N) is 3. The van der Waals surface area contributed by atoms with E-state index >= 15 is 0 Å². The third-order valence-corrected chi connectivity index (χ3v) is 4.05. The van der Waals surface area contributed by atoms with Gasteiger partial charge in [0.05, 0.1) is 24.3 Å². The maximum atomic E-state index is 12.0. The predicted molar refractivity (Wildman–Crippen MR) is 78.4 cm³/mol. The van der Waals surface area contributed by atoms with Crippen LogP contribution in [0.1, 0.15) is 36.5 Å². The van der Waals surface area contributed by atoms with Crippen LogP contribution in [0.25, 0.3) is 10.6 Å². The lowest BCUT2D eigenvalue weighted by atomic mass is 10.2. The van der Waals surface area contributed by atoms with Gasteiger partial charge in [-0.15, -0.1) is 16.4 Å². The Balaban J connectivity index is 1.75. The molecule has 1 fully saturated rings. The van der Waals surface area contributed by atoms with Crippen molar-refractivity contribution in [2.45, 2.75) is 32.4 Å². The Hall–Kier alpha value is -1.73. The Kier molecular flexibility index (Phi) is 3.54. The molecular weight excluding hydrogens is 290 g/mol. The quantitative estimate of drug-likeness (QED) is 0.815. The molecule has 1 saturated heterocycles. The van der Waals surface area contributed by atoms with Gasteiger partial charge in [-0.05, 0) is 32.9 Å². The molecule has 0 aromatic carbocycles. The molecule has 0 spiro atoms. The zero-order chi connectivity index (χ0) is 15.0. The largest absolute Gasteiger partial charge is 0.456 e. The molecule has 6 nitrogen and oxygen atoms in total. The zero-order valence-electron chi connectivity index (χ0n) is 12.2. The van der Waals surface area contributed by atoms with Crippen molar-refractivity contribution < 1.29 is 14.3 Å². The number of rotatable bonds is 3. The first-order chi connectivity index (χ1) is 9.92. The monoisotopic (exact) mass is 307 g/mol. The van der Waals surface area contributed by atoms with Crippen molar-refractivity contribution in [3.63, 3.8) is 0 Å². The number of carbonyl (C=O) groups is 1. The molecule has 0 atom stereocenters. The lowest BCUT2D eigenvalue weighted by molar-refractivity contribution is -0.0293. The number of ether oxygens (including phenoxy) is 2. The lowest BCUT2D eigenvalue weighted by Gasteiger charge is -2.25. The summed E-state index contributed by atoms with van der Waals surface area (Å²) in [5, 5.41) is 8.26. The standard InChI is InChI=1S/C14H17N3O3S/c1-14(2,3)20-13(18)12-5-4-11(21-12)10-6-17(16-15-10)9-7-19-8-9/h4-6,9H,7-8H2,1-3H3. The highest BCUT2D eigenvalue weighted by Gasteiger charge is 2.23. The molecule has 1 aliphatic heterocycles. The summed E-state index contributed by atoms with van der Waals surface area (Å²) in [7, 11) is 0. The molecule has 0 unspecified atom stereocenters. The minimum Gasteiger partial charge on any atom is -0.456 e. The summed E-state index contributed by atoms with van der Waals surface area (Å²) < 4.78 is 12.3. The van der Waals surface area contributed by atoms with Gasteiger partial charge in [0.2, 0.25) is 0 Å². The first kappa shape index (κ1) is 14.2. The van der Waals surface area contributed by atoms with E-state index in [2.05, 4.69) is 10.3 Å². The van der Waals surface area contributed by atoms with Crippen LogP contribution in [0, 0.1) is 0 Å². The molecule has 0 amide bonds. The summed E-state index contributed by atoms with van der Waals surface area (Å²) in [6.45, 7) is 6.91. The molecular formula is C14H17N3O3S. The van der Waals surface area contributed by atoms with Gasteiger partial charge in [-0.25, -0.2) is 9.48 Å². The van der Waals surface area contributed by atoms with Gasteiger partial charge >= 0.3 is 5.97 Å². The van der Waals surface area contributed by atoms with E-state index in [4.69, 9.17) is 9.47 Å². The van der Waals surface area contributed by atoms with Gasteiger partial charge in [0, 0.05) is 0 Å². The van der Waals surface area contributed by atoms with Crippen LogP contribution >= 0.6 is 11.3 Å². The Morgan fingerprint density at radius 1 is 1.43 bits per heavy atom. The molecule has 0 saturated carbocycles. The predicted octanol–water partition coefficient (Wildman–Crippen LogP) is 2.53. The SMILES string of the molecule is CC(C)(C)OC(=O)c1ccc(-c2cn(C3COC3)nn2)s1. The molecule has 3 heterocycles. The number of hydrogen-bond acceptors (Lipinski definition) is 6. The van der Waals surface area contributed by atoms with Crippen LogP contribution in [0.4, 0.5) is 0 Å². The van der Waals surface area contributed by atoms with Gasteiger partial charge in [0.15, 0.2) is 0 Å². The van der Waals surface area contributed by atoms with Crippen molar-refractivity contribution in [3.8, 4) is 10.6 Å². The number of thiophene rings is 1. The highest BCUT2D eigenvalue weighted by molar-refractivity contribution is 7.17. The molecule has 3 rings (SSSR count). The van der Waals surface area contributed by atoms with Crippen molar-refractivity contribution in [2.75, 3.05) is 13.2 Å². The maximum absolute atomic E-state index is 12.0. The average molecular weight is 307 g/mol. The molecule has 0 radical (unpaired) electrons. The van der Waals surface area contributed by atoms with E-state index in [0.29, 0.717) is 18.1 Å². The van der Waals surface area contributed by atoms with Gasteiger partial charge in [-0.1, -0.05) is 5.21 Å². The van der Waals surface area contributed by atoms with Crippen LogP contribution in [-0.4, -0.2) is 39.8 Å². The summed E-state index contributed by atoms with van der Waals surface area (Å²) in [5.41, 5.74) is 0.274. The number of hydrogen-bond donors (Lipinski definition) is 0. The van der Waals surface area contributed by atoms with Gasteiger partial charge in [0.1, 0.15) is 22.2 Å². The maximum Gasteiger partial charge on any atom is 0.348 e. The Morgan fingerprint density at radius 3 is 2.81 bits per heavy atom. The van der Waals surface area contributed by atoms with Crippen LogP contribution in [0.5, 0.6) is 0 Å². The van der Waals surface area contributed by atoms with Crippen LogP contribution in [0.2, 0.25) is 0 Å². The van der Waals surface area contributed by atoms with Gasteiger partial charge in [0.25, 0.3) is 0 Å². The molecule has 0 bridgehead atoms. The molecule has 2 aromatic rings.